The molecule has 0 heterocycles. The third-order valence-electron chi connectivity index (χ3n) is 6.48. The van der Waals surface area contributed by atoms with E-state index in [0.717, 1.165) is 26.2 Å². The molecule has 3 nitrogen and oxygen atoms in total. The van der Waals surface area contributed by atoms with Gasteiger partial charge in [-0.1, -0.05) is 129 Å². The van der Waals surface area contributed by atoms with E-state index < -0.39 is 0 Å². The van der Waals surface area contributed by atoms with Crippen molar-refractivity contribution in [2.45, 2.75) is 155 Å². The first-order chi connectivity index (χ1) is 15.7. The van der Waals surface area contributed by atoms with Crippen LogP contribution in [0.15, 0.2) is 0 Å². The van der Waals surface area contributed by atoms with Crippen LogP contribution in [0.25, 0.3) is 0 Å². The second kappa shape index (κ2) is 30.2. The van der Waals surface area contributed by atoms with Crippen molar-refractivity contribution >= 4 is 0 Å². The molecule has 33 heavy (non-hydrogen) atoms. The summed E-state index contributed by atoms with van der Waals surface area (Å²) in [6.45, 7) is 7.42. The summed E-state index contributed by atoms with van der Waals surface area (Å²) in [5.74, 6) is 0. The molecule has 0 bridgehead atoms. The normalized spacial score (nSPS) is 11.5. The van der Waals surface area contributed by atoms with Crippen LogP contribution in [0.3, 0.4) is 0 Å². The second-order valence-corrected chi connectivity index (χ2v) is 10.3. The van der Waals surface area contributed by atoms with E-state index in [1.54, 1.807) is 0 Å². The van der Waals surface area contributed by atoms with Gasteiger partial charge in [-0.05, 0) is 12.8 Å². The van der Waals surface area contributed by atoms with Gasteiger partial charge in [0.2, 0.25) is 0 Å². The van der Waals surface area contributed by atoms with Gasteiger partial charge >= 0.3 is 0 Å². The Balaban J connectivity index is 0. The van der Waals surface area contributed by atoms with E-state index in [2.05, 4.69) is 27.9 Å². The molecule has 0 fully saturated rings. The highest BCUT2D eigenvalue weighted by Gasteiger charge is 2.11. The molecule has 0 spiro atoms. The molecule has 0 aromatic heterocycles. The van der Waals surface area contributed by atoms with E-state index >= 15 is 0 Å². The zero-order valence-corrected chi connectivity index (χ0v) is 24.0. The minimum absolute atomic E-state index is 0. The zero-order valence-electron chi connectivity index (χ0n) is 23.2. The average molecular weight is 492 g/mol. The van der Waals surface area contributed by atoms with Gasteiger partial charge < -0.3 is 26.8 Å². The molecule has 202 valence electrons. The van der Waals surface area contributed by atoms with Gasteiger partial charge in [0.25, 0.3) is 0 Å². The average Bonchev–Trinajstić information content (AvgIpc) is 2.78. The van der Waals surface area contributed by atoms with Crippen LogP contribution >= 0.6 is 0 Å². The van der Waals surface area contributed by atoms with E-state index in [9.17, 15) is 0 Å². The van der Waals surface area contributed by atoms with E-state index in [0.29, 0.717) is 0 Å². The first-order valence-electron chi connectivity index (χ1n) is 14.7. The lowest BCUT2D eigenvalue weighted by molar-refractivity contribution is -0.859. The molecule has 0 aliphatic carbocycles. The van der Waals surface area contributed by atoms with Gasteiger partial charge in [-0.15, -0.1) is 0 Å². The number of quaternary nitrogens is 1. The molecule has 4 heteroatoms. The monoisotopic (exact) mass is 491 g/mol. The standard InChI is InChI=1S/C29H61NO2.ClH/c1-5-7-9-11-13-15-17-19-21-23-27-31-29(25-26-30(3)4)32-28-24-22-20-18-16-14-12-10-8-6-2;/h29H,5-28H2,1-4H3;1H. The third-order valence-corrected chi connectivity index (χ3v) is 6.48. The number of unbranched alkanes of at least 4 members (excludes halogenated alkanes) is 18. The molecular formula is C29H62ClNO2. The van der Waals surface area contributed by atoms with Crippen LogP contribution in [0.1, 0.15) is 149 Å². The van der Waals surface area contributed by atoms with Gasteiger partial charge in [0, 0.05) is 19.6 Å². The maximum Gasteiger partial charge on any atom is 0.162 e. The molecule has 0 radical (unpaired) electrons. The van der Waals surface area contributed by atoms with Crippen molar-refractivity contribution < 1.29 is 26.8 Å². The van der Waals surface area contributed by atoms with Gasteiger partial charge in [0.15, 0.2) is 6.29 Å². The Labute approximate surface area is 215 Å². The Morgan fingerprint density at radius 2 is 0.788 bits per heavy atom. The highest BCUT2D eigenvalue weighted by Crippen LogP contribution is 2.13. The van der Waals surface area contributed by atoms with Gasteiger partial charge in [-0.25, -0.2) is 0 Å². The minimum atomic E-state index is 0. The van der Waals surface area contributed by atoms with Crippen molar-refractivity contribution in [2.24, 2.45) is 0 Å². The summed E-state index contributed by atoms with van der Waals surface area (Å²) in [5.41, 5.74) is 0. The lowest BCUT2D eigenvalue weighted by Gasteiger charge is -2.19. The lowest BCUT2D eigenvalue weighted by atomic mass is 10.1. The fraction of sp³-hybridized carbons (Fsp3) is 1.00. The molecule has 0 unspecified atom stereocenters. The summed E-state index contributed by atoms with van der Waals surface area (Å²) in [6, 6.07) is 0. The Bertz CT molecular complexity index is 316. The van der Waals surface area contributed by atoms with Crippen LogP contribution in [0, 0.1) is 0 Å². The van der Waals surface area contributed by atoms with Crippen LogP contribution < -0.4 is 17.3 Å². The smallest absolute Gasteiger partial charge is 0.162 e. The Morgan fingerprint density at radius 1 is 0.485 bits per heavy atom. The Hall–Kier alpha value is 0.170. The molecule has 0 aromatic carbocycles. The van der Waals surface area contributed by atoms with Gasteiger partial charge in [0.1, 0.15) is 0 Å². The SMILES string of the molecule is CCCCCCCCCCCCOC(CC[NH+](C)C)OCCCCCCCCCCCC.[Cl-]. The van der Waals surface area contributed by atoms with Gasteiger partial charge in [-0.2, -0.15) is 0 Å². The van der Waals surface area contributed by atoms with E-state index in [-0.39, 0.29) is 18.7 Å². The predicted octanol–water partition coefficient (Wildman–Crippen LogP) is 4.73. The maximum atomic E-state index is 6.12. The van der Waals surface area contributed by atoms with Gasteiger partial charge in [-0.3, -0.25) is 0 Å². The molecule has 0 atom stereocenters. The van der Waals surface area contributed by atoms with Crippen molar-refractivity contribution in [2.75, 3.05) is 33.9 Å². The third kappa shape index (κ3) is 30.1. The number of rotatable bonds is 27. The van der Waals surface area contributed by atoms with Crippen molar-refractivity contribution in [3.63, 3.8) is 0 Å². The highest BCUT2D eigenvalue weighted by molar-refractivity contribution is 4.51. The first-order valence-corrected chi connectivity index (χ1v) is 14.7. The molecule has 0 aromatic rings. The summed E-state index contributed by atoms with van der Waals surface area (Å²) in [6.07, 6.45) is 28.5. The van der Waals surface area contributed by atoms with E-state index in [1.165, 1.54) is 133 Å². The van der Waals surface area contributed by atoms with Crippen LogP contribution in [-0.4, -0.2) is 40.1 Å². The number of halogens is 1. The van der Waals surface area contributed by atoms with Crippen LogP contribution in [0.2, 0.25) is 0 Å². The molecule has 1 N–H and O–H groups in total. The van der Waals surface area contributed by atoms with Crippen LogP contribution in [-0.2, 0) is 9.47 Å². The molecule has 0 aliphatic heterocycles. The minimum Gasteiger partial charge on any atom is -1.00 e. The van der Waals surface area contributed by atoms with Gasteiger partial charge in [0.05, 0.1) is 20.6 Å². The molecule has 0 rings (SSSR count). The molecule has 0 aliphatic rings. The van der Waals surface area contributed by atoms with Crippen molar-refractivity contribution in [1.82, 2.24) is 0 Å². The fourth-order valence-corrected chi connectivity index (χ4v) is 4.23. The van der Waals surface area contributed by atoms with Crippen LogP contribution in [0.5, 0.6) is 0 Å². The Morgan fingerprint density at radius 3 is 1.09 bits per heavy atom. The second-order valence-electron chi connectivity index (χ2n) is 10.3. The number of ether oxygens (including phenoxy) is 2. The van der Waals surface area contributed by atoms with E-state index in [1.807, 2.05) is 0 Å². The van der Waals surface area contributed by atoms with E-state index in [4.69, 9.17) is 9.47 Å². The van der Waals surface area contributed by atoms with Crippen molar-refractivity contribution in [3.8, 4) is 0 Å². The zero-order chi connectivity index (χ0) is 23.5. The van der Waals surface area contributed by atoms with Crippen LogP contribution in [0.4, 0.5) is 0 Å². The molecular weight excluding hydrogens is 430 g/mol. The number of hydrogen-bond acceptors (Lipinski definition) is 2. The molecule has 0 saturated heterocycles. The summed E-state index contributed by atoms with van der Waals surface area (Å²) in [4.78, 5) is 1.47. The molecule has 0 amide bonds. The molecule has 0 saturated carbocycles. The summed E-state index contributed by atoms with van der Waals surface area (Å²) < 4.78 is 12.2. The van der Waals surface area contributed by atoms with Crippen molar-refractivity contribution in [1.29, 1.82) is 0 Å². The maximum absolute atomic E-state index is 6.12. The first kappa shape index (κ1) is 35.3. The quantitative estimate of drug-likeness (QED) is 0.133. The highest BCUT2D eigenvalue weighted by atomic mass is 35.5. The lowest BCUT2D eigenvalue weighted by Crippen LogP contribution is -3.05. The topological polar surface area (TPSA) is 22.9 Å². The van der Waals surface area contributed by atoms with Crippen molar-refractivity contribution in [3.05, 3.63) is 0 Å². The summed E-state index contributed by atoms with van der Waals surface area (Å²) in [7, 11) is 4.42. The Kier molecular flexibility index (Phi) is 32.3. The summed E-state index contributed by atoms with van der Waals surface area (Å²) in [5, 5.41) is 0. The largest absolute Gasteiger partial charge is 1.00 e. The number of hydrogen-bond donors (Lipinski definition) is 1. The fourth-order valence-electron chi connectivity index (χ4n) is 4.23. The number of nitrogens with one attached hydrogen (secondary N) is 1. The predicted molar refractivity (Wildman–Crippen MR) is 142 cm³/mol. The summed E-state index contributed by atoms with van der Waals surface area (Å²) >= 11 is 0.